The Balaban J connectivity index is 2.05. The first-order chi connectivity index (χ1) is 9.60. The zero-order valence-electron chi connectivity index (χ0n) is 10.8. The van der Waals surface area contributed by atoms with Gasteiger partial charge in [0.1, 0.15) is 0 Å². The molecule has 0 saturated carbocycles. The van der Waals surface area contributed by atoms with Crippen LogP contribution in [0.15, 0.2) is 41.3 Å². The van der Waals surface area contributed by atoms with Crippen LogP contribution in [0.3, 0.4) is 0 Å². The summed E-state index contributed by atoms with van der Waals surface area (Å²) in [5.74, 6) is -0.860. The fraction of sp³-hybridized carbons (Fsp3) is 0.143. The van der Waals surface area contributed by atoms with Crippen LogP contribution in [0.1, 0.15) is 15.9 Å². The molecule has 0 spiro atoms. The Morgan fingerprint density at radius 2 is 2.15 bits per heavy atom. The third kappa shape index (κ3) is 3.23. The number of benzene rings is 1. The number of nitrogens with one attached hydrogen (secondary N) is 2. The number of aromatic amines is 1. The molecule has 1 aromatic heterocycles. The summed E-state index contributed by atoms with van der Waals surface area (Å²) in [5.41, 5.74) is 0.850. The van der Waals surface area contributed by atoms with Gasteiger partial charge in [-0.2, -0.15) is 0 Å². The van der Waals surface area contributed by atoms with Gasteiger partial charge in [-0.1, -0.05) is 6.07 Å². The lowest BCUT2D eigenvalue weighted by Crippen LogP contribution is -2.23. The van der Waals surface area contributed by atoms with Crippen molar-refractivity contribution in [2.75, 3.05) is 7.11 Å². The number of carbonyl (C=O) groups is 1. The van der Waals surface area contributed by atoms with Gasteiger partial charge in [0.15, 0.2) is 11.6 Å². The summed E-state index contributed by atoms with van der Waals surface area (Å²) in [7, 11) is 1.33. The molecule has 0 bridgehead atoms. The number of halogens is 1. The average Bonchev–Trinajstić information content (AvgIpc) is 2.47. The molecule has 1 aromatic carbocycles. The van der Waals surface area contributed by atoms with Crippen LogP contribution < -0.4 is 15.6 Å². The van der Waals surface area contributed by atoms with Crippen LogP contribution in [0, 0.1) is 5.82 Å². The van der Waals surface area contributed by atoms with Crippen molar-refractivity contribution < 1.29 is 13.9 Å². The Morgan fingerprint density at radius 3 is 2.80 bits per heavy atom. The van der Waals surface area contributed by atoms with E-state index < -0.39 is 5.82 Å². The van der Waals surface area contributed by atoms with Gasteiger partial charge in [0.25, 0.3) is 5.91 Å². The number of hydrogen-bond donors (Lipinski definition) is 2. The van der Waals surface area contributed by atoms with E-state index in [1.54, 1.807) is 6.07 Å². The maximum atomic E-state index is 13.2. The molecule has 20 heavy (non-hydrogen) atoms. The van der Waals surface area contributed by atoms with Crippen LogP contribution in [-0.4, -0.2) is 18.0 Å². The predicted molar refractivity (Wildman–Crippen MR) is 71.2 cm³/mol. The molecule has 0 aliphatic heterocycles. The molecule has 0 unspecified atom stereocenters. The summed E-state index contributed by atoms with van der Waals surface area (Å²) in [5, 5.41) is 2.67. The fourth-order valence-corrected chi connectivity index (χ4v) is 1.64. The number of ether oxygens (including phenoxy) is 1. The second-order valence-electron chi connectivity index (χ2n) is 4.09. The van der Waals surface area contributed by atoms with Gasteiger partial charge >= 0.3 is 0 Å². The second kappa shape index (κ2) is 6.01. The number of pyridine rings is 1. The van der Waals surface area contributed by atoms with E-state index in [1.807, 2.05) is 0 Å². The molecule has 6 heteroatoms. The molecular formula is C14H13FN2O3. The number of rotatable bonds is 4. The van der Waals surface area contributed by atoms with Gasteiger partial charge in [0.05, 0.1) is 7.11 Å². The molecule has 2 rings (SSSR count). The van der Waals surface area contributed by atoms with E-state index in [9.17, 15) is 14.0 Å². The molecule has 0 fully saturated rings. The van der Waals surface area contributed by atoms with Gasteiger partial charge in [0, 0.05) is 24.4 Å². The highest BCUT2D eigenvalue weighted by Crippen LogP contribution is 2.18. The molecule has 0 aliphatic carbocycles. The van der Waals surface area contributed by atoms with Crippen molar-refractivity contribution in [2.24, 2.45) is 0 Å². The van der Waals surface area contributed by atoms with Gasteiger partial charge in [-0.25, -0.2) is 4.39 Å². The Hall–Kier alpha value is -2.63. The Morgan fingerprint density at radius 1 is 1.35 bits per heavy atom. The van der Waals surface area contributed by atoms with Crippen LogP contribution in [0.2, 0.25) is 0 Å². The van der Waals surface area contributed by atoms with E-state index >= 15 is 0 Å². The first-order valence-electron chi connectivity index (χ1n) is 5.89. The van der Waals surface area contributed by atoms with Crippen LogP contribution in [0.5, 0.6) is 5.75 Å². The van der Waals surface area contributed by atoms with Gasteiger partial charge in [0.2, 0.25) is 5.56 Å². The van der Waals surface area contributed by atoms with Gasteiger partial charge in [-0.3, -0.25) is 9.59 Å². The normalized spacial score (nSPS) is 10.1. The molecule has 0 aliphatic rings. The number of hydrogen-bond acceptors (Lipinski definition) is 3. The minimum atomic E-state index is -0.523. The smallest absolute Gasteiger partial charge is 0.251 e. The Kier molecular flexibility index (Phi) is 4.14. The van der Waals surface area contributed by atoms with E-state index in [0.717, 1.165) is 5.56 Å². The van der Waals surface area contributed by atoms with E-state index in [-0.39, 0.29) is 23.8 Å². The molecule has 2 N–H and O–H groups in total. The third-order valence-electron chi connectivity index (χ3n) is 2.71. The predicted octanol–water partition coefficient (Wildman–Crippen LogP) is 1.45. The lowest BCUT2D eigenvalue weighted by molar-refractivity contribution is 0.0950. The Bertz CT molecular complexity index is 662. The highest BCUT2D eigenvalue weighted by atomic mass is 19.1. The van der Waals surface area contributed by atoms with Crippen molar-refractivity contribution in [3.63, 3.8) is 0 Å². The van der Waals surface area contributed by atoms with Crippen molar-refractivity contribution in [1.82, 2.24) is 10.3 Å². The van der Waals surface area contributed by atoms with Crippen molar-refractivity contribution in [1.29, 1.82) is 0 Å². The van der Waals surface area contributed by atoms with E-state index in [0.29, 0.717) is 5.56 Å². The van der Waals surface area contributed by atoms with E-state index in [2.05, 4.69) is 10.3 Å². The molecular weight excluding hydrogens is 263 g/mol. The molecule has 1 heterocycles. The minimum Gasteiger partial charge on any atom is -0.494 e. The maximum Gasteiger partial charge on any atom is 0.251 e. The standard InChI is InChI=1S/C14H13FN2O3/c1-20-12-6-10(3-4-11(12)15)14(19)17-8-9-2-5-13(18)16-7-9/h2-7H,8H2,1H3,(H,16,18)(H,17,19). The summed E-state index contributed by atoms with van der Waals surface area (Å²) in [6, 6.07) is 6.87. The van der Waals surface area contributed by atoms with Crippen LogP contribution in [-0.2, 0) is 6.54 Å². The zero-order valence-corrected chi connectivity index (χ0v) is 10.8. The van der Waals surface area contributed by atoms with Gasteiger partial charge < -0.3 is 15.0 Å². The van der Waals surface area contributed by atoms with Crippen molar-refractivity contribution in [2.45, 2.75) is 6.54 Å². The number of amides is 1. The zero-order chi connectivity index (χ0) is 14.5. The van der Waals surface area contributed by atoms with Gasteiger partial charge in [-0.05, 0) is 23.8 Å². The lowest BCUT2D eigenvalue weighted by Gasteiger charge is -2.07. The van der Waals surface area contributed by atoms with Crippen LogP contribution in [0.4, 0.5) is 4.39 Å². The molecule has 0 radical (unpaired) electrons. The van der Waals surface area contributed by atoms with Crippen molar-refractivity contribution >= 4 is 5.91 Å². The summed E-state index contributed by atoms with van der Waals surface area (Å²) < 4.78 is 18.0. The third-order valence-corrected chi connectivity index (χ3v) is 2.71. The quantitative estimate of drug-likeness (QED) is 0.888. The summed E-state index contributed by atoms with van der Waals surface area (Å²) >= 11 is 0. The molecule has 5 nitrogen and oxygen atoms in total. The van der Waals surface area contributed by atoms with Crippen molar-refractivity contribution in [3.05, 3.63) is 63.8 Å². The first kappa shape index (κ1) is 13.8. The summed E-state index contributed by atoms with van der Waals surface area (Å²) in [4.78, 5) is 25.3. The largest absolute Gasteiger partial charge is 0.494 e. The Labute approximate surface area is 114 Å². The highest BCUT2D eigenvalue weighted by Gasteiger charge is 2.09. The molecule has 2 aromatic rings. The summed E-state index contributed by atoms with van der Waals surface area (Å²) in [6.45, 7) is 0.259. The molecule has 1 amide bonds. The number of H-pyrrole nitrogens is 1. The van der Waals surface area contributed by atoms with Crippen LogP contribution >= 0.6 is 0 Å². The topological polar surface area (TPSA) is 71.2 Å². The molecule has 104 valence electrons. The molecule has 0 saturated heterocycles. The number of aromatic nitrogens is 1. The first-order valence-corrected chi connectivity index (χ1v) is 5.89. The monoisotopic (exact) mass is 276 g/mol. The number of methoxy groups -OCH3 is 1. The van der Waals surface area contributed by atoms with Gasteiger partial charge in [-0.15, -0.1) is 0 Å². The molecule has 0 atom stereocenters. The highest BCUT2D eigenvalue weighted by molar-refractivity contribution is 5.94. The maximum absolute atomic E-state index is 13.2. The minimum absolute atomic E-state index is 0.0155. The van der Waals surface area contributed by atoms with Crippen molar-refractivity contribution in [3.8, 4) is 5.75 Å². The van der Waals surface area contributed by atoms with Crippen LogP contribution in [0.25, 0.3) is 0 Å². The van der Waals surface area contributed by atoms with E-state index in [4.69, 9.17) is 4.74 Å². The SMILES string of the molecule is COc1cc(C(=O)NCc2ccc(=O)[nH]c2)ccc1F. The lowest BCUT2D eigenvalue weighted by atomic mass is 10.2. The second-order valence-corrected chi connectivity index (χ2v) is 4.09. The number of carbonyl (C=O) groups excluding carboxylic acids is 1. The fourth-order valence-electron chi connectivity index (χ4n) is 1.64. The van der Waals surface area contributed by atoms with E-state index in [1.165, 1.54) is 37.6 Å². The average molecular weight is 276 g/mol. The summed E-state index contributed by atoms with van der Waals surface area (Å²) in [6.07, 6.45) is 1.52.